The number of carbonyl (C=O) groups is 2. The quantitative estimate of drug-likeness (QED) is 0.616. The highest BCUT2D eigenvalue weighted by Gasteiger charge is 2.14. The molecule has 0 heterocycles. The Morgan fingerprint density at radius 2 is 1.59 bits per heavy atom. The minimum absolute atomic E-state index is 0.292. The summed E-state index contributed by atoms with van der Waals surface area (Å²) >= 11 is 0. The van der Waals surface area contributed by atoms with Gasteiger partial charge in [0.05, 0.1) is 0 Å². The molecule has 0 aromatic heterocycles. The number of amides is 1. The van der Waals surface area contributed by atoms with Crippen LogP contribution in [-0.2, 0) is 9.59 Å². The van der Waals surface area contributed by atoms with Gasteiger partial charge in [-0.05, 0) is 33.0 Å². The summed E-state index contributed by atoms with van der Waals surface area (Å²) in [5, 5.41) is 8.56. The highest BCUT2D eigenvalue weighted by Crippen LogP contribution is 1.98. The standard InChI is InChI=1S/C12H24N2O3/c1-4-13(5-2)8-7-9-14(6-3)11(15)10-12(16)17/h4-10H2,1-3H3,(H,16,17). The number of aliphatic carboxylic acids is 1. The second kappa shape index (κ2) is 8.98. The minimum Gasteiger partial charge on any atom is -0.481 e. The van der Waals surface area contributed by atoms with E-state index in [1.54, 1.807) is 4.90 Å². The molecule has 0 aliphatic carbocycles. The molecule has 0 rings (SSSR count). The van der Waals surface area contributed by atoms with E-state index in [1.807, 2.05) is 6.92 Å². The first-order valence-corrected chi connectivity index (χ1v) is 6.27. The molecule has 1 amide bonds. The molecule has 100 valence electrons. The zero-order valence-electron chi connectivity index (χ0n) is 11.1. The highest BCUT2D eigenvalue weighted by molar-refractivity contribution is 5.93. The molecule has 5 nitrogen and oxygen atoms in total. The van der Waals surface area contributed by atoms with Gasteiger partial charge in [0.1, 0.15) is 6.42 Å². The zero-order valence-corrected chi connectivity index (χ0v) is 11.1. The van der Waals surface area contributed by atoms with Crippen LogP contribution in [0.4, 0.5) is 0 Å². The fourth-order valence-corrected chi connectivity index (χ4v) is 1.73. The van der Waals surface area contributed by atoms with Gasteiger partial charge in [0.2, 0.25) is 5.91 Å². The van der Waals surface area contributed by atoms with E-state index in [1.165, 1.54) is 0 Å². The maximum atomic E-state index is 11.5. The molecule has 0 saturated carbocycles. The predicted octanol–water partition coefficient (Wildman–Crippen LogP) is 1.04. The molecule has 0 saturated heterocycles. The molecule has 0 radical (unpaired) electrons. The molecule has 0 aromatic rings. The molecular weight excluding hydrogens is 220 g/mol. The van der Waals surface area contributed by atoms with Crippen molar-refractivity contribution in [3.8, 4) is 0 Å². The molecule has 0 aromatic carbocycles. The van der Waals surface area contributed by atoms with E-state index in [0.717, 1.165) is 26.1 Å². The average molecular weight is 244 g/mol. The third-order valence-electron chi connectivity index (χ3n) is 2.83. The van der Waals surface area contributed by atoms with Crippen LogP contribution < -0.4 is 0 Å². The Morgan fingerprint density at radius 3 is 2.00 bits per heavy atom. The van der Waals surface area contributed by atoms with Crippen molar-refractivity contribution >= 4 is 11.9 Å². The molecule has 0 fully saturated rings. The lowest BCUT2D eigenvalue weighted by atomic mass is 10.3. The number of carbonyl (C=O) groups excluding carboxylic acids is 1. The van der Waals surface area contributed by atoms with Gasteiger partial charge in [-0.15, -0.1) is 0 Å². The van der Waals surface area contributed by atoms with E-state index in [-0.39, 0.29) is 5.91 Å². The fraction of sp³-hybridized carbons (Fsp3) is 0.833. The second-order valence-corrected chi connectivity index (χ2v) is 3.92. The zero-order chi connectivity index (χ0) is 13.3. The lowest BCUT2D eigenvalue weighted by Crippen LogP contribution is -2.35. The first-order chi connectivity index (χ1) is 8.04. The van der Waals surface area contributed by atoms with Crippen molar-refractivity contribution < 1.29 is 14.7 Å². The van der Waals surface area contributed by atoms with Crippen LogP contribution in [-0.4, -0.2) is 59.5 Å². The summed E-state index contributed by atoms with van der Waals surface area (Å²) < 4.78 is 0. The van der Waals surface area contributed by atoms with Gasteiger partial charge in [0.25, 0.3) is 0 Å². The SMILES string of the molecule is CCN(CC)CCCN(CC)C(=O)CC(=O)O. The van der Waals surface area contributed by atoms with Gasteiger partial charge in [0, 0.05) is 13.1 Å². The summed E-state index contributed by atoms with van der Waals surface area (Å²) in [6, 6.07) is 0. The number of hydrogen-bond donors (Lipinski definition) is 1. The summed E-state index contributed by atoms with van der Waals surface area (Å²) in [5.74, 6) is -1.35. The van der Waals surface area contributed by atoms with Crippen LogP contribution in [0.15, 0.2) is 0 Å². The Morgan fingerprint density at radius 1 is 1.00 bits per heavy atom. The summed E-state index contributed by atoms with van der Waals surface area (Å²) in [5.41, 5.74) is 0. The minimum atomic E-state index is -1.06. The van der Waals surface area contributed by atoms with Crippen molar-refractivity contribution in [1.29, 1.82) is 0 Å². The van der Waals surface area contributed by atoms with E-state index in [2.05, 4.69) is 18.7 Å². The van der Waals surface area contributed by atoms with Gasteiger partial charge >= 0.3 is 5.97 Å². The maximum absolute atomic E-state index is 11.5. The first kappa shape index (κ1) is 15.9. The number of carboxylic acid groups (broad SMARTS) is 1. The Labute approximate surface area is 103 Å². The van der Waals surface area contributed by atoms with E-state index in [0.29, 0.717) is 13.1 Å². The Hall–Kier alpha value is -1.10. The Bertz CT molecular complexity index is 240. The van der Waals surface area contributed by atoms with Crippen molar-refractivity contribution in [2.24, 2.45) is 0 Å². The van der Waals surface area contributed by atoms with E-state index in [4.69, 9.17) is 5.11 Å². The smallest absolute Gasteiger partial charge is 0.312 e. The van der Waals surface area contributed by atoms with Crippen molar-refractivity contribution in [3.05, 3.63) is 0 Å². The molecule has 0 bridgehead atoms. The lowest BCUT2D eigenvalue weighted by Gasteiger charge is -2.23. The Balaban J connectivity index is 3.97. The van der Waals surface area contributed by atoms with Crippen LogP contribution >= 0.6 is 0 Å². The van der Waals surface area contributed by atoms with Crippen LogP contribution in [0.5, 0.6) is 0 Å². The normalized spacial score (nSPS) is 10.6. The van der Waals surface area contributed by atoms with E-state index < -0.39 is 12.4 Å². The average Bonchev–Trinajstić information content (AvgIpc) is 2.28. The molecule has 0 spiro atoms. The topological polar surface area (TPSA) is 60.9 Å². The van der Waals surface area contributed by atoms with Crippen LogP contribution in [0.3, 0.4) is 0 Å². The predicted molar refractivity (Wildman–Crippen MR) is 66.9 cm³/mol. The van der Waals surface area contributed by atoms with Gasteiger partial charge in [-0.25, -0.2) is 0 Å². The van der Waals surface area contributed by atoms with Gasteiger partial charge in [0.15, 0.2) is 0 Å². The van der Waals surface area contributed by atoms with E-state index >= 15 is 0 Å². The van der Waals surface area contributed by atoms with Crippen molar-refractivity contribution in [3.63, 3.8) is 0 Å². The maximum Gasteiger partial charge on any atom is 0.312 e. The van der Waals surface area contributed by atoms with Crippen LogP contribution in [0, 0.1) is 0 Å². The van der Waals surface area contributed by atoms with Crippen LogP contribution in [0.2, 0.25) is 0 Å². The first-order valence-electron chi connectivity index (χ1n) is 6.27. The van der Waals surface area contributed by atoms with Crippen molar-refractivity contribution in [2.45, 2.75) is 33.6 Å². The fourth-order valence-electron chi connectivity index (χ4n) is 1.73. The van der Waals surface area contributed by atoms with Gasteiger partial charge in [-0.1, -0.05) is 13.8 Å². The number of nitrogens with zero attached hydrogens (tertiary/aromatic N) is 2. The third-order valence-corrected chi connectivity index (χ3v) is 2.83. The Kier molecular flexibility index (Phi) is 8.40. The second-order valence-electron chi connectivity index (χ2n) is 3.92. The molecule has 0 aliphatic heterocycles. The highest BCUT2D eigenvalue weighted by atomic mass is 16.4. The summed E-state index contributed by atoms with van der Waals surface area (Å²) in [6.07, 6.45) is 0.486. The van der Waals surface area contributed by atoms with E-state index in [9.17, 15) is 9.59 Å². The van der Waals surface area contributed by atoms with Gasteiger partial charge < -0.3 is 14.9 Å². The largest absolute Gasteiger partial charge is 0.481 e. The molecule has 5 heteroatoms. The summed E-state index contributed by atoms with van der Waals surface area (Å²) in [7, 11) is 0. The van der Waals surface area contributed by atoms with Crippen molar-refractivity contribution in [1.82, 2.24) is 9.80 Å². The monoisotopic (exact) mass is 244 g/mol. The number of hydrogen-bond acceptors (Lipinski definition) is 3. The molecule has 0 unspecified atom stereocenters. The number of rotatable bonds is 9. The molecule has 17 heavy (non-hydrogen) atoms. The lowest BCUT2D eigenvalue weighted by molar-refractivity contribution is -0.144. The molecule has 0 atom stereocenters. The van der Waals surface area contributed by atoms with Crippen LogP contribution in [0.25, 0.3) is 0 Å². The molecule has 0 aliphatic rings. The summed E-state index contributed by atoms with van der Waals surface area (Å²) in [4.78, 5) is 25.9. The van der Waals surface area contributed by atoms with Crippen molar-refractivity contribution in [2.75, 3.05) is 32.7 Å². The van der Waals surface area contributed by atoms with Gasteiger partial charge in [-0.3, -0.25) is 9.59 Å². The van der Waals surface area contributed by atoms with Gasteiger partial charge in [-0.2, -0.15) is 0 Å². The summed E-state index contributed by atoms with van der Waals surface area (Å²) in [6.45, 7) is 10.3. The van der Waals surface area contributed by atoms with Crippen LogP contribution in [0.1, 0.15) is 33.6 Å². The molecule has 1 N–H and O–H groups in total. The molecular formula is C12H24N2O3. The third kappa shape index (κ3) is 6.94. The number of carboxylic acids is 1.